The first-order chi connectivity index (χ1) is 8.87. The van der Waals surface area contributed by atoms with Crippen LogP contribution < -0.4 is 5.32 Å². The lowest BCUT2D eigenvalue weighted by Crippen LogP contribution is -2.30. The van der Waals surface area contributed by atoms with E-state index in [9.17, 15) is 8.42 Å². The summed E-state index contributed by atoms with van der Waals surface area (Å²) in [5, 5.41) is 3.01. The minimum Gasteiger partial charge on any atom is -0.377 e. The molecule has 0 bridgehead atoms. The summed E-state index contributed by atoms with van der Waals surface area (Å²) in [6, 6.07) is 3.50. The third-order valence-electron chi connectivity index (χ3n) is 2.51. The molecule has 0 spiro atoms. The number of likely N-dealkylation sites (N-methyl/N-ethyl adjacent to an activating group) is 1. The number of ether oxygens (including phenoxy) is 1. The predicted octanol–water partition coefficient (Wildman–Crippen LogP) is 1.51. The molecule has 0 saturated heterocycles. The second kappa shape index (κ2) is 7.35. The van der Waals surface area contributed by atoms with Crippen LogP contribution in [0.3, 0.4) is 0 Å². The number of sulfonamides is 1. The standard InChI is InChI=1S/C12H22N2O3S2/c1-10(2)17-8-7-14(4)19(15,16)12-6-5-11(18-12)9-13-3/h5-6,10,13H,7-9H2,1-4H3. The van der Waals surface area contributed by atoms with Crippen LogP contribution in [-0.4, -0.2) is 46.1 Å². The molecule has 0 aliphatic carbocycles. The van der Waals surface area contributed by atoms with Crippen molar-refractivity contribution in [3.05, 3.63) is 17.0 Å². The van der Waals surface area contributed by atoms with Crippen LogP contribution in [-0.2, 0) is 21.3 Å². The smallest absolute Gasteiger partial charge is 0.252 e. The minimum atomic E-state index is -3.39. The number of nitrogens with zero attached hydrogens (tertiary/aromatic N) is 1. The lowest BCUT2D eigenvalue weighted by Gasteiger charge is -2.16. The van der Waals surface area contributed by atoms with Gasteiger partial charge in [0.05, 0.1) is 12.7 Å². The number of nitrogens with one attached hydrogen (secondary N) is 1. The van der Waals surface area contributed by atoms with Crippen LogP contribution in [0.4, 0.5) is 0 Å². The Bertz CT molecular complexity index is 483. The topological polar surface area (TPSA) is 58.6 Å². The molecule has 0 radical (unpaired) electrons. The van der Waals surface area contributed by atoms with Crippen LogP contribution >= 0.6 is 11.3 Å². The normalized spacial score (nSPS) is 12.5. The van der Waals surface area contributed by atoms with E-state index < -0.39 is 10.0 Å². The summed E-state index contributed by atoms with van der Waals surface area (Å²) < 4.78 is 31.7. The van der Waals surface area contributed by atoms with Gasteiger partial charge in [-0.25, -0.2) is 8.42 Å². The van der Waals surface area contributed by atoms with Gasteiger partial charge in [0, 0.05) is 25.0 Å². The predicted molar refractivity (Wildman–Crippen MR) is 78.0 cm³/mol. The van der Waals surface area contributed by atoms with Crippen molar-refractivity contribution in [3.63, 3.8) is 0 Å². The summed E-state index contributed by atoms with van der Waals surface area (Å²) in [5.41, 5.74) is 0. The maximum absolute atomic E-state index is 12.3. The van der Waals surface area contributed by atoms with Gasteiger partial charge in [-0.3, -0.25) is 0 Å². The molecule has 110 valence electrons. The fourth-order valence-electron chi connectivity index (χ4n) is 1.46. The molecular weight excluding hydrogens is 284 g/mol. The molecule has 5 nitrogen and oxygen atoms in total. The molecule has 0 aromatic carbocycles. The Morgan fingerprint density at radius 1 is 1.42 bits per heavy atom. The van der Waals surface area contributed by atoms with E-state index in [2.05, 4.69) is 5.32 Å². The number of hydrogen-bond donors (Lipinski definition) is 1. The van der Waals surface area contributed by atoms with Gasteiger partial charge < -0.3 is 10.1 Å². The zero-order valence-electron chi connectivity index (χ0n) is 11.8. The lowest BCUT2D eigenvalue weighted by molar-refractivity contribution is 0.0737. The molecule has 0 aliphatic heterocycles. The first-order valence-corrected chi connectivity index (χ1v) is 8.45. The van der Waals surface area contributed by atoms with Gasteiger partial charge in [-0.2, -0.15) is 4.31 Å². The van der Waals surface area contributed by atoms with Gasteiger partial charge in [-0.15, -0.1) is 11.3 Å². The highest BCUT2D eigenvalue weighted by atomic mass is 32.2. The number of hydrogen-bond acceptors (Lipinski definition) is 5. The van der Waals surface area contributed by atoms with Gasteiger partial charge >= 0.3 is 0 Å². The van der Waals surface area contributed by atoms with Crippen molar-refractivity contribution in [2.24, 2.45) is 0 Å². The largest absolute Gasteiger partial charge is 0.377 e. The number of thiophene rings is 1. The Kier molecular flexibility index (Phi) is 6.41. The Hall–Kier alpha value is -0.470. The third-order valence-corrected chi connectivity index (χ3v) is 5.92. The van der Waals surface area contributed by atoms with Crippen molar-refractivity contribution in [2.75, 3.05) is 27.2 Å². The summed E-state index contributed by atoms with van der Waals surface area (Å²) >= 11 is 1.30. The van der Waals surface area contributed by atoms with Crippen LogP contribution in [0.15, 0.2) is 16.3 Å². The van der Waals surface area contributed by atoms with E-state index in [1.54, 1.807) is 13.1 Å². The maximum Gasteiger partial charge on any atom is 0.252 e. The Balaban J connectivity index is 2.67. The molecule has 1 N–H and O–H groups in total. The van der Waals surface area contributed by atoms with Crippen molar-refractivity contribution in [1.29, 1.82) is 0 Å². The van der Waals surface area contributed by atoms with Crippen LogP contribution in [0.5, 0.6) is 0 Å². The molecule has 0 amide bonds. The summed E-state index contributed by atoms with van der Waals surface area (Å²) in [5.74, 6) is 0. The fraction of sp³-hybridized carbons (Fsp3) is 0.667. The quantitative estimate of drug-likeness (QED) is 0.791. The van der Waals surface area contributed by atoms with E-state index in [4.69, 9.17) is 4.74 Å². The SMILES string of the molecule is CNCc1ccc(S(=O)(=O)N(C)CCOC(C)C)s1. The lowest BCUT2D eigenvalue weighted by atomic mass is 10.5. The zero-order valence-corrected chi connectivity index (χ0v) is 13.5. The van der Waals surface area contributed by atoms with E-state index in [-0.39, 0.29) is 6.10 Å². The Morgan fingerprint density at radius 2 is 2.11 bits per heavy atom. The molecular formula is C12H22N2O3S2. The Labute approximate surface area is 119 Å². The van der Waals surface area contributed by atoms with Crippen LogP contribution in [0.2, 0.25) is 0 Å². The zero-order chi connectivity index (χ0) is 14.5. The molecule has 19 heavy (non-hydrogen) atoms. The Morgan fingerprint density at radius 3 is 2.68 bits per heavy atom. The van der Waals surface area contributed by atoms with E-state index in [1.807, 2.05) is 27.0 Å². The van der Waals surface area contributed by atoms with Gasteiger partial charge in [0.15, 0.2) is 0 Å². The molecule has 0 unspecified atom stereocenters. The first kappa shape index (κ1) is 16.6. The van der Waals surface area contributed by atoms with Crippen molar-refractivity contribution >= 4 is 21.4 Å². The van der Waals surface area contributed by atoms with Gasteiger partial charge in [0.1, 0.15) is 4.21 Å². The van der Waals surface area contributed by atoms with Gasteiger partial charge in [0.25, 0.3) is 10.0 Å². The van der Waals surface area contributed by atoms with Gasteiger partial charge in [0.2, 0.25) is 0 Å². The van der Waals surface area contributed by atoms with Crippen LogP contribution in [0, 0.1) is 0 Å². The van der Waals surface area contributed by atoms with Crippen LogP contribution in [0.1, 0.15) is 18.7 Å². The van der Waals surface area contributed by atoms with Crippen LogP contribution in [0.25, 0.3) is 0 Å². The summed E-state index contributed by atoms with van der Waals surface area (Å²) in [4.78, 5) is 1.01. The monoisotopic (exact) mass is 306 g/mol. The van der Waals surface area contributed by atoms with Crippen molar-refractivity contribution < 1.29 is 13.2 Å². The van der Waals surface area contributed by atoms with Crippen molar-refractivity contribution in [1.82, 2.24) is 9.62 Å². The fourth-order valence-corrected chi connectivity index (χ4v) is 4.19. The molecule has 1 aromatic heterocycles. The average Bonchev–Trinajstić information content (AvgIpc) is 2.78. The molecule has 1 aromatic rings. The van der Waals surface area contributed by atoms with E-state index >= 15 is 0 Å². The molecule has 0 atom stereocenters. The minimum absolute atomic E-state index is 0.111. The molecule has 7 heteroatoms. The highest BCUT2D eigenvalue weighted by Gasteiger charge is 2.22. The second-order valence-corrected chi connectivity index (χ2v) is 7.94. The van der Waals surface area contributed by atoms with Crippen molar-refractivity contribution in [2.45, 2.75) is 30.7 Å². The number of rotatable bonds is 8. The highest BCUT2D eigenvalue weighted by molar-refractivity contribution is 7.91. The summed E-state index contributed by atoms with van der Waals surface area (Å²) in [6.45, 7) is 5.30. The maximum atomic E-state index is 12.3. The molecule has 0 fully saturated rings. The second-order valence-electron chi connectivity index (χ2n) is 4.50. The van der Waals surface area contributed by atoms with Gasteiger partial charge in [-0.1, -0.05) is 0 Å². The molecule has 0 aliphatic rings. The summed E-state index contributed by atoms with van der Waals surface area (Å²) in [7, 11) is 0.0261. The summed E-state index contributed by atoms with van der Waals surface area (Å²) in [6.07, 6.45) is 0.111. The molecule has 1 rings (SSSR count). The van der Waals surface area contributed by atoms with E-state index in [1.165, 1.54) is 15.6 Å². The van der Waals surface area contributed by atoms with E-state index in [0.717, 1.165) is 4.88 Å². The molecule has 1 heterocycles. The first-order valence-electron chi connectivity index (χ1n) is 6.19. The highest BCUT2D eigenvalue weighted by Crippen LogP contribution is 2.24. The third kappa shape index (κ3) is 4.85. The average molecular weight is 306 g/mol. The molecule has 0 saturated carbocycles. The van der Waals surface area contributed by atoms with Gasteiger partial charge in [-0.05, 0) is 33.0 Å². The van der Waals surface area contributed by atoms with E-state index in [0.29, 0.717) is 23.9 Å². The van der Waals surface area contributed by atoms with Crippen molar-refractivity contribution in [3.8, 4) is 0 Å².